The molecule has 0 radical (unpaired) electrons. The highest BCUT2D eigenvalue weighted by Crippen LogP contribution is 2.23. The van der Waals surface area contributed by atoms with Gasteiger partial charge in [0.05, 0.1) is 0 Å². The van der Waals surface area contributed by atoms with Gasteiger partial charge in [-0.2, -0.15) is 0 Å². The lowest BCUT2D eigenvalue weighted by atomic mass is 9.95. The molecule has 0 saturated heterocycles. The first-order valence-corrected chi connectivity index (χ1v) is 7.90. The fraction of sp³-hybridized carbons (Fsp3) is 0.600. The first-order chi connectivity index (χ1) is 8.27. The van der Waals surface area contributed by atoms with E-state index in [1.807, 2.05) is 0 Å². The van der Waals surface area contributed by atoms with Gasteiger partial charge in [-0.25, -0.2) is 0 Å². The van der Waals surface area contributed by atoms with Crippen molar-refractivity contribution in [1.82, 2.24) is 0 Å². The monoisotopic (exact) mass is 316 g/mol. The molecule has 0 fully saturated rings. The van der Waals surface area contributed by atoms with Crippen molar-refractivity contribution < 1.29 is 0 Å². The van der Waals surface area contributed by atoms with E-state index in [9.17, 15) is 0 Å². The van der Waals surface area contributed by atoms with Crippen molar-refractivity contribution in [2.45, 2.75) is 45.4 Å². The Morgan fingerprint density at radius 1 is 1.18 bits per heavy atom. The summed E-state index contributed by atoms with van der Waals surface area (Å²) in [5, 5.41) is 0. The molecule has 1 unspecified atom stereocenters. The van der Waals surface area contributed by atoms with Gasteiger partial charge in [-0.15, -0.1) is 11.6 Å². The van der Waals surface area contributed by atoms with Crippen LogP contribution in [0, 0.1) is 5.92 Å². The zero-order valence-electron chi connectivity index (χ0n) is 10.6. The topological polar surface area (TPSA) is 0 Å². The summed E-state index contributed by atoms with van der Waals surface area (Å²) in [7, 11) is 0. The molecule has 0 N–H and O–H groups in total. The molecule has 96 valence electrons. The van der Waals surface area contributed by atoms with Gasteiger partial charge in [-0.05, 0) is 30.4 Å². The molecule has 1 aromatic carbocycles. The lowest BCUT2D eigenvalue weighted by molar-refractivity contribution is 0.491. The van der Waals surface area contributed by atoms with Gasteiger partial charge in [0.15, 0.2) is 0 Å². The van der Waals surface area contributed by atoms with Gasteiger partial charge in [-0.3, -0.25) is 0 Å². The minimum atomic E-state index is 0.618. The number of hydrogen-bond donors (Lipinski definition) is 0. The summed E-state index contributed by atoms with van der Waals surface area (Å²) in [6, 6.07) is 8.46. The number of benzene rings is 1. The zero-order valence-corrected chi connectivity index (χ0v) is 12.9. The van der Waals surface area contributed by atoms with Crippen LogP contribution in [0.5, 0.6) is 0 Å². The molecule has 0 amide bonds. The van der Waals surface area contributed by atoms with E-state index in [1.54, 1.807) is 0 Å². The van der Waals surface area contributed by atoms with Crippen molar-refractivity contribution in [1.29, 1.82) is 0 Å². The summed E-state index contributed by atoms with van der Waals surface area (Å²) in [6.45, 7) is 2.25. The van der Waals surface area contributed by atoms with E-state index in [4.69, 9.17) is 11.6 Å². The first kappa shape index (κ1) is 15.0. The molecular weight excluding hydrogens is 296 g/mol. The summed E-state index contributed by atoms with van der Waals surface area (Å²) in [5.41, 5.74) is 1.38. The van der Waals surface area contributed by atoms with Crippen molar-refractivity contribution in [2.24, 2.45) is 5.92 Å². The summed E-state index contributed by atoms with van der Waals surface area (Å²) < 4.78 is 1.21. The average Bonchev–Trinajstić information content (AvgIpc) is 2.35. The Balaban J connectivity index is 2.38. The zero-order chi connectivity index (χ0) is 12.5. The van der Waals surface area contributed by atoms with Crippen LogP contribution in [0.4, 0.5) is 0 Å². The summed E-state index contributed by atoms with van der Waals surface area (Å²) >= 11 is 9.67. The highest BCUT2D eigenvalue weighted by atomic mass is 79.9. The largest absolute Gasteiger partial charge is 0.126 e. The van der Waals surface area contributed by atoms with E-state index < -0.39 is 0 Å². The Labute approximate surface area is 119 Å². The highest BCUT2D eigenvalue weighted by molar-refractivity contribution is 9.10. The first-order valence-electron chi connectivity index (χ1n) is 6.57. The van der Waals surface area contributed by atoms with E-state index in [-0.39, 0.29) is 0 Å². The Hall–Kier alpha value is -0.0100. The van der Waals surface area contributed by atoms with Crippen molar-refractivity contribution in [3.05, 3.63) is 34.3 Å². The quantitative estimate of drug-likeness (QED) is 0.419. The molecule has 0 nitrogen and oxygen atoms in total. The van der Waals surface area contributed by atoms with Crippen molar-refractivity contribution in [3.63, 3.8) is 0 Å². The molecule has 2 heteroatoms. The van der Waals surface area contributed by atoms with Crippen LogP contribution in [0.2, 0.25) is 0 Å². The van der Waals surface area contributed by atoms with Crippen LogP contribution in [0.25, 0.3) is 0 Å². The van der Waals surface area contributed by atoms with E-state index in [0.717, 1.165) is 12.3 Å². The van der Waals surface area contributed by atoms with Gasteiger partial charge >= 0.3 is 0 Å². The third-order valence-electron chi connectivity index (χ3n) is 3.15. The predicted octanol–water partition coefficient (Wildman–Crippen LogP) is 5.82. The SMILES string of the molecule is CCCCCCC(CCl)Cc1ccccc1Br. The third-order valence-corrected chi connectivity index (χ3v) is 4.36. The number of unbranched alkanes of at least 4 members (excludes halogenated alkanes) is 3. The fourth-order valence-electron chi connectivity index (χ4n) is 2.07. The van der Waals surface area contributed by atoms with E-state index in [2.05, 4.69) is 47.1 Å². The van der Waals surface area contributed by atoms with E-state index in [1.165, 1.54) is 42.1 Å². The van der Waals surface area contributed by atoms with E-state index >= 15 is 0 Å². The normalized spacial score (nSPS) is 12.6. The molecule has 1 atom stereocenters. The van der Waals surface area contributed by atoms with Gasteiger partial charge < -0.3 is 0 Å². The summed E-state index contributed by atoms with van der Waals surface area (Å²) in [4.78, 5) is 0. The number of hydrogen-bond acceptors (Lipinski definition) is 0. The Kier molecular flexibility index (Phi) is 7.96. The highest BCUT2D eigenvalue weighted by Gasteiger charge is 2.10. The number of rotatable bonds is 8. The molecule has 17 heavy (non-hydrogen) atoms. The van der Waals surface area contributed by atoms with Crippen molar-refractivity contribution in [3.8, 4) is 0 Å². The Morgan fingerprint density at radius 2 is 1.94 bits per heavy atom. The standard InChI is InChI=1S/C15H22BrCl/c1-2-3-4-5-8-13(12-17)11-14-9-6-7-10-15(14)16/h6-7,9-10,13H,2-5,8,11-12H2,1H3. The van der Waals surface area contributed by atoms with Gasteiger partial charge in [0.1, 0.15) is 0 Å². The minimum Gasteiger partial charge on any atom is -0.126 e. The Bertz CT molecular complexity index is 312. The second-order valence-corrected chi connectivity index (χ2v) is 5.83. The summed E-state index contributed by atoms with van der Waals surface area (Å²) in [5.74, 6) is 1.39. The second kappa shape index (κ2) is 8.99. The summed E-state index contributed by atoms with van der Waals surface area (Å²) in [6.07, 6.45) is 7.66. The lowest BCUT2D eigenvalue weighted by Gasteiger charge is -2.14. The molecule has 0 spiro atoms. The van der Waals surface area contributed by atoms with Crippen LogP contribution < -0.4 is 0 Å². The van der Waals surface area contributed by atoms with Crippen molar-refractivity contribution >= 4 is 27.5 Å². The molecule has 0 aliphatic carbocycles. The van der Waals surface area contributed by atoms with Crippen LogP contribution in [-0.4, -0.2) is 5.88 Å². The van der Waals surface area contributed by atoms with Crippen LogP contribution in [0.15, 0.2) is 28.7 Å². The maximum absolute atomic E-state index is 6.07. The lowest BCUT2D eigenvalue weighted by Crippen LogP contribution is -2.07. The van der Waals surface area contributed by atoms with Crippen LogP contribution in [-0.2, 0) is 6.42 Å². The maximum Gasteiger partial charge on any atom is 0.0254 e. The number of alkyl halides is 1. The predicted molar refractivity (Wildman–Crippen MR) is 80.8 cm³/mol. The molecule has 0 saturated carbocycles. The molecule has 0 aromatic heterocycles. The third kappa shape index (κ3) is 5.92. The minimum absolute atomic E-state index is 0.618. The molecular formula is C15H22BrCl. The van der Waals surface area contributed by atoms with Crippen LogP contribution >= 0.6 is 27.5 Å². The molecule has 0 aliphatic heterocycles. The van der Waals surface area contributed by atoms with Gasteiger partial charge in [0.25, 0.3) is 0 Å². The van der Waals surface area contributed by atoms with Crippen molar-refractivity contribution in [2.75, 3.05) is 5.88 Å². The van der Waals surface area contributed by atoms with Gasteiger partial charge in [0.2, 0.25) is 0 Å². The smallest absolute Gasteiger partial charge is 0.0254 e. The van der Waals surface area contributed by atoms with Gasteiger partial charge in [-0.1, -0.05) is 66.7 Å². The Morgan fingerprint density at radius 3 is 2.59 bits per heavy atom. The molecule has 1 rings (SSSR count). The second-order valence-electron chi connectivity index (χ2n) is 4.67. The molecule has 1 aromatic rings. The number of halogens is 2. The fourth-order valence-corrected chi connectivity index (χ4v) is 2.78. The molecule has 0 bridgehead atoms. The molecule has 0 heterocycles. The average molecular weight is 318 g/mol. The van der Waals surface area contributed by atoms with Gasteiger partial charge in [0, 0.05) is 10.4 Å². The maximum atomic E-state index is 6.07. The van der Waals surface area contributed by atoms with Crippen LogP contribution in [0.3, 0.4) is 0 Å². The van der Waals surface area contributed by atoms with Crippen LogP contribution in [0.1, 0.15) is 44.6 Å². The van der Waals surface area contributed by atoms with E-state index in [0.29, 0.717) is 5.92 Å². The molecule has 0 aliphatic rings.